The minimum absolute atomic E-state index is 0.0293. The molecule has 0 aromatic carbocycles. The molecule has 5 aliphatic heterocycles. The minimum atomic E-state index is -1.16. The molecule has 98 heavy (non-hydrogen) atoms. The number of carbonyl (C=O) groups excluding carboxylic acids is 2. The summed E-state index contributed by atoms with van der Waals surface area (Å²) in [5.41, 5.74) is 1.39. The molecule has 0 unspecified atom stereocenters. The second-order valence-corrected chi connectivity index (χ2v) is 30.3. The highest BCUT2D eigenvalue weighted by Gasteiger charge is 2.42. The Morgan fingerprint density at radius 3 is 1.15 bits per heavy atom. The number of carbonyl (C=O) groups is 2. The van der Waals surface area contributed by atoms with E-state index in [0.717, 1.165) is 25.7 Å². The fraction of sp³-hybridized carbons (Fsp3) is 0.821. The fourth-order valence-corrected chi connectivity index (χ4v) is 15.3. The summed E-state index contributed by atoms with van der Waals surface area (Å²) < 4.78 is 61.3. The van der Waals surface area contributed by atoms with Gasteiger partial charge in [0.2, 0.25) is 0 Å². The molecule has 0 aliphatic carbocycles. The van der Waals surface area contributed by atoms with Gasteiger partial charge in [-0.3, -0.25) is 0 Å². The molecule has 8 N–H and O–H groups in total. The number of allylic oxidation sites excluding steroid dienone is 4. The van der Waals surface area contributed by atoms with Crippen molar-refractivity contribution in [3.8, 4) is 0 Å². The van der Waals surface area contributed by atoms with Crippen LogP contribution in [0, 0.1) is 47.3 Å². The molecule has 5 heterocycles. The quantitative estimate of drug-likeness (QED) is 0.0527. The predicted molar refractivity (Wildman–Crippen MR) is 377 cm³/mol. The van der Waals surface area contributed by atoms with Crippen molar-refractivity contribution < 1.29 is 97.8 Å². The Morgan fingerprint density at radius 2 is 0.806 bits per heavy atom. The van der Waals surface area contributed by atoms with Crippen LogP contribution in [0.25, 0.3) is 0 Å². The Morgan fingerprint density at radius 1 is 0.449 bits per heavy atom. The van der Waals surface area contributed by atoms with Crippen molar-refractivity contribution in [2.75, 3.05) is 28.4 Å². The van der Waals surface area contributed by atoms with Gasteiger partial charge in [0.15, 0.2) is 0 Å². The summed E-state index contributed by atoms with van der Waals surface area (Å²) in [5.74, 6) is -5.50. The van der Waals surface area contributed by atoms with Gasteiger partial charge in [-0.15, -0.1) is 0 Å². The normalized spacial score (nSPS) is 41.1. The molecule has 0 radical (unpaired) electrons. The van der Waals surface area contributed by atoms with E-state index in [1.165, 1.54) is 12.2 Å². The van der Waals surface area contributed by atoms with Crippen molar-refractivity contribution in [1.82, 2.24) is 0 Å². The Hall–Kier alpha value is -3.26. The van der Waals surface area contributed by atoms with E-state index in [1.54, 1.807) is 54.4 Å². The molecule has 0 aromatic heterocycles. The monoisotopic (exact) mass is 1390 g/mol. The van der Waals surface area contributed by atoms with E-state index in [2.05, 4.69) is 0 Å². The first-order valence-electron chi connectivity index (χ1n) is 37.1. The first-order chi connectivity index (χ1) is 46.4. The lowest BCUT2D eigenvalue weighted by molar-refractivity contribution is -0.158. The van der Waals surface area contributed by atoms with Crippen molar-refractivity contribution in [1.29, 1.82) is 0 Å². The number of cyclic esters (lactones) is 2. The average molecular weight is 1390 g/mol. The van der Waals surface area contributed by atoms with Crippen LogP contribution in [0.5, 0.6) is 0 Å². The summed E-state index contributed by atoms with van der Waals surface area (Å²) in [6.45, 7) is 22.5. The summed E-state index contributed by atoms with van der Waals surface area (Å²) in [6, 6.07) is 0. The van der Waals surface area contributed by atoms with Gasteiger partial charge in [0.05, 0.1) is 122 Å². The zero-order chi connectivity index (χ0) is 72.5. The number of aliphatic hydroxyl groups is 8. The Balaban J connectivity index is 1.36. The second kappa shape index (κ2) is 43.1. The standard InChI is InChI=1S/C78H132O20/c1-45-23-29-57(79)37-59-19-17-21-61(95-59)41-71(91-15)52(8)68(82)44-70(84)54(10)78(56(12)76(88)48(4)28-32-64-40-66(90-14)36-50(6)94-64)98-74(86)34-26-46(2)24-30-58(80)38-60-20-18-22-62(96-60)42-72(92-16)51(7)67(81)43-69(83)53(9)77(97-73(85)33-25-45)55(11)75(87)47(3)27-31-63-39-65(89-13)35-49(5)93-63/h17-20,23-26,33-34,47-72,75-84,87-88H,21-22,27-32,35-44H2,1-16H3/b33-25+,34-26+,45-23+,46-24+/t47-,48-,49-,50-,51+,52+,53-,54-,55-,56-,57-,58-,59-,60-,61-,62-,63-,64-,65+,66+,67-,68-,69+,70+,71+,72+,75-,76-,77-,78-/m0/s1. The van der Waals surface area contributed by atoms with Crippen molar-refractivity contribution in [3.05, 3.63) is 71.9 Å². The van der Waals surface area contributed by atoms with Crippen LogP contribution in [0.1, 0.15) is 199 Å². The number of rotatable bonds is 16. The zero-order valence-corrected chi connectivity index (χ0v) is 62.3. The van der Waals surface area contributed by atoms with Crippen LogP contribution in [-0.2, 0) is 57.0 Å². The lowest BCUT2D eigenvalue weighted by atomic mass is 9.78. The van der Waals surface area contributed by atoms with Crippen molar-refractivity contribution in [2.24, 2.45) is 47.3 Å². The maximum absolute atomic E-state index is 13.9. The molecule has 0 amide bonds. The molecule has 20 heteroatoms. The fourth-order valence-electron chi connectivity index (χ4n) is 15.3. The maximum Gasteiger partial charge on any atom is 0.331 e. The van der Waals surface area contributed by atoms with Gasteiger partial charge in [-0.2, -0.15) is 0 Å². The number of aliphatic hydroxyl groups excluding tert-OH is 8. The molecule has 30 atom stereocenters. The van der Waals surface area contributed by atoms with E-state index < -0.39 is 133 Å². The number of hydrogen-bond acceptors (Lipinski definition) is 20. The van der Waals surface area contributed by atoms with Gasteiger partial charge >= 0.3 is 11.9 Å². The average Bonchev–Trinajstić information content (AvgIpc) is 0.853. The summed E-state index contributed by atoms with van der Waals surface area (Å²) in [5, 5.41) is 94.4. The molecule has 5 aliphatic rings. The van der Waals surface area contributed by atoms with Crippen LogP contribution in [-0.4, -0.2) is 216 Å². The number of esters is 2. The van der Waals surface area contributed by atoms with Gasteiger partial charge in [-0.05, 0) is 129 Å². The first-order valence-corrected chi connectivity index (χ1v) is 37.1. The second-order valence-electron chi connectivity index (χ2n) is 30.3. The molecule has 2 fully saturated rings. The lowest BCUT2D eigenvalue weighted by Gasteiger charge is -2.38. The highest BCUT2D eigenvalue weighted by atomic mass is 16.6. The minimum Gasteiger partial charge on any atom is -0.458 e. The predicted octanol–water partition coefficient (Wildman–Crippen LogP) is 10.1. The van der Waals surface area contributed by atoms with Crippen molar-refractivity contribution in [3.63, 3.8) is 0 Å². The van der Waals surface area contributed by atoms with Gasteiger partial charge in [0, 0.05) is 102 Å². The van der Waals surface area contributed by atoms with E-state index in [-0.39, 0.29) is 99.2 Å². The van der Waals surface area contributed by atoms with Gasteiger partial charge in [-0.1, -0.05) is 115 Å². The third-order valence-electron chi connectivity index (χ3n) is 22.3. The Labute approximate surface area is 587 Å². The number of ether oxygens (including phenoxy) is 10. The largest absolute Gasteiger partial charge is 0.458 e. The van der Waals surface area contributed by atoms with E-state index >= 15 is 0 Å². The Kier molecular flexibility index (Phi) is 37.6. The first kappa shape index (κ1) is 85.4. The molecule has 20 nitrogen and oxygen atoms in total. The number of hydrogen-bond donors (Lipinski definition) is 8. The SMILES string of the molecule is CO[C@H]1C[C@H](CC[C@H](C)[C@H](O)[C@H](C)[C@H]2OC(=O)/C=C/C(C)=C/C[C@H](O)C[C@@H]3C=CC[C@@H](C[C@@H](OC)[C@H](C)[C@@H](O)C[C@@H](O)[C@H](C)[C@@H]([C@@H](C)[C@@H](O)[C@@H](C)CC[C@H]4C[C@H](OC)C[C@H](C)O4)OC(=O)/C=C/C(C)=C/C[C@H](O)C[C@@H]4C=CC[C@@H](C[C@@H](OC)[C@H](C)[C@@H](O)C[C@@H](O)[C@@H]2C)O4)O3)O[C@@H](C)C1. The third kappa shape index (κ3) is 28.1. The van der Waals surface area contributed by atoms with E-state index in [0.29, 0.717) is 62.5 Å². The number of methoxy groups -OCH3 is 4. The summed E-state index contributed by atoms with van der Waals surface area (Å²) in [7, 11) is 6.58. The van der Waals surface area contributed by atoms with Crippen LogP contribution >= 0.6 is 0 Å². The van der Waals surface area contributed by atoms with Gasteiger partial charge in [-0.25, -0.2) is 9.59 Å². The molecule has 0 spiro atoms. The molecular weight excluding hydrogens is 1260 g/mol. The molecule has 564 valence electrons. The van der Waals surface area contributed by atoms with E-state index in [1.807, 2.05) is 106 Å². The van der Waals surface area contributed by atoms with Crippen molar-refractivity contribution >= 4 is 11.9 Å². The highest BCUT2D eigenvalue weighted by molar-refractivity contribution is 5.83. The molecule has 0 saturated carbocycles. The van der Waals surface area contributed by atoms with Crippen molar-refractivity contribution in [2.45, 2.75) is 333 Å². The highest BCUT2D eigenvalue weighted by Crippen LogP contribution is 2.37. The lowest BCUT2D eigenvalue weighted by Crippen LogP contribution is -2.45. The summed E-state index contributed by atoms with van der Waals surface area (Å²) in [4.78, 5) is 27.8. The van der Waals surface area contributed by atoms with Crippen LogP contribution < -0.4 is 0 Å². The van der Waals surface area contributed by atoms with Crippen LogP contribution in [0.4, 0.5) is 0 Å². The molecule has 5 rings (SSSR count). The van der Waals surface area contributed by atoms with Gasteiger partial charge < -0.3 is 88.2 Å². The zero-order valence-electron chi connectivity index (χ0n) is 62.3. The topological polar surface area (TPSA) is 288 Å². The molecule has 4 bridgehead atoms. The van der Waals surface area contributed by atoms with Crippen LogP contribution in [0.2, 0.25) is 0 Å². The molecule has 0 aromatic rings. The van der Waals surface area contributed by atoms with Gasteiger partial charge in [0.25, 0.3) is 0 Å². The smallest absolute Gasteiger partial charge is 0.331 e. The summed E-state index contributed by atoms with van der Waals surface area (Å²) >= 11 is 0. The third-order valence-corrected chi connectivity index (χ3v) is 22.3. The maximum atomic E-state index is 13.9. The van der Waals surface area contributed by atoms with Crippen LogP contribution in [0.3, 0.4) is 0 Å². The Bertz CT molecular complexity index is 2320. The van der Waals surface area contributed by atoms with Gasteiger partial charge in [0.1, 0.15) is 12.2 Å². The molecular formula is C78H132O20. The van der Waals surface area contributed by atoms with Crippen LogP contribution in [0.15, 0.2) is 71.9 Å². The van der Waals surface area contributed by atoms with E-state index in [9.17, 15) is 50.4 Å². The number of fused-ring (bicyclic) bond motifs is 4. The summed E-state index contributed by atoms with van der Waals surface area (Å²) in [6.07, 6.45) is 14.1. The van der Waals surface area contributed by atoms with E-state index in [4.69, 9.17) is 47.4 Å². The molecule has 2 saturated heterocycles.